The maximum Gasteiger partial charge on any atom is 0.227 e. The highest BCUT2D eigenvalue weighted by molar-refractivity contribution is 6.42. The maximum absolute atomic E-state index is 12.5. The van der Waals surface area contributed by atoms with Crippen molar-refractivity contribution in [3.63, 3.8) is 0 Å². The van der Waals surface area contributed by atoms with Gasteiger partial charge in [0.15, 0.2) is 0 Å². The number of halogens is 3. The molecule has 3 nitrogen and oxygen atoms in total. The van der Waals surface area contributed by atoms with Crippen LogP contribution in [0.3, 0.4) is 0 Å². The minimum Gasteiger partial charge on any atom is -0.326 e. The van der Waals surface area contributed by atoms with E-state index in [-0.39, 0.29) is 11.8 Å². The van der Waals surface area contributed by atoms with Gasteiger partial charge in [-0.25, -0.2) is 0 Å². The first-order valence-electron chi connectivity index (χ1n) is 8.24. The van der Waals surface area contributed by atoms with Crippen LogP contribution in [0.25, 0.3) is 0 Å². The molecule has 0 aromatic heterocycles. The summed E-state index contributed by atoms with van der Waals surface area (Å²) in [6, 6.07) is 13.0. The Bertz CT molecular complexity index is 758. The molecule has 0 unspecified atom stereocenters. The van der Waals surface area contributed by atoms with Crippen LogP contribution in [-0.2, 0) is 11.3 Å². The molecule has 132 valence electrons. The van der Waals surface area contributed by atoms with E-state index in [4.69, 9.17) is 34.8 Å². The summed E-state index contributed by atoms with van der Waals surface area (Å²) in [6.07, 6.45) is 1.66. The SMILES string of the molecule is O=C(Nc1ccc(Cl)c(Cl)c1)C1CCN(Cc2ccccc2Cl)CC1. The van der Waals surface area contributed by atoms with Crippen LogP contribution in [0.2, 0.25) is 15.1 Å². The summed E-state index contributed by atoms with van der Waals surface area (Å²) in [5, 5.41) is 4.64. The van der Waals surface area contributed by atoms with Gasteiger partial charge in [-0.15, -0.1) is 0 Å². The van der Waals surface area contributed by atoms with Gasteiger partial charge in [-0.1, -0.05) is 53.0 Å². The number of hydrogen-bond donors (Lipinski definition) is 1. The molecule has 1 N–H and O–H groups in total. The highest BCUT2D eigenvalue weighted by Crippen LogP contribution is 2.27. The summed E-state index contributed by atoms with van der Waals surface area (Å²) < 4.78 is 0. The van der Waals surface area contributed by atoms with Crippen LogP contribution in [0.4, 0.5) is 5.69 Å². The summed E-state index contributed by atoms with van der Waals surface area (Å²) in [4.78, 5) is 14.8. The van der Waals surface area contributed by atoms with Crippen molar-refractivity contribution in [3.8, 4) is 0 Å². The third kappa shape index (κ3) is 4.89. The monoisotopic (exact) mass is 396 g/mol. The van der Waals surface area contributed by atoms with Crippen LogP contribution >= 0.6 is 34.8 Å². The van der Waals surface area contributed by atoms with Crippen LogP contribution in [0.1, 0.15) is 18.4 Å². The Labute approximate surface area is 162 Å². The average Bonchev–Trinajstić information content (AvgIpc) is 2.61. The fourth-order valence-corrected chi connectivity index (χ4v) is 3.53. The second-order valence-corrected chi connectivity index (χ2v) is 7.48. The van der Waals surface area contributed by atoms with Crippen LogP contribution in [0.5, 0.6) is 0 Å². The van der Waals surface area contributed by atoms with Gasteiger partial charge in [0.25, 0.3) is 0 Å². The molecule has 1 aliphatic rings. The quantitative estimate of drug-likeness (QED) is 0.739. The first-order chi connectivity index (χ1) is 12.0. The van der Waals surface area contributed by atoms with Gasteiger partial charge in [-0.3, -0.25) is 9.69 Å². The van der Waals surface area contributed by atoms with Crippen molar-refractivity contribution in [1.29, 1.82) is 0 Å². The van der Waals surface area contributed by atoms with Gasteiger partial charge in [0, 0.05) is 23.2 Å². The topological polar surface area (TPSA) is 32.3 Å². The van der Waals surface area contributed by atoms with Crippen LogP contribution in [-0.4, -0.2) is 23.9 Å². The molecule has 6 heteroatoms. The fourth-order valence-electron chi connectivity index (χ4n) is 3.04. The number of anilines is 1. The van der Waals surface area contributed by atoms with E-state index < -0.39 is 0 Å². The molecular formula is C19H19Cl3N2O. The Balaban J connectivity index is 1.52. The molecule has 0 bridgehead atoms. The Kier molecular flexibility index (Phi) is 6.24. The lowest BCUT2D eigenvalue weighted by Gasteiger charge is -2.31. The van der Waals surface area contributed by atoms with E-state index in [2.05, 4.69) is 10.2 Å². The first kappa shape index (κ1) is 18.5. The molecule has 0 spiro atoms. The van der Waals surface area contributed by atoms with E-state index >= 15 is 0 Å². The molecule has 3 rings (SSSR count). The Morgan fingerprint density at radius 3 is 2.40 bits per heavy atom. The van der Waals surface area contributed by atoms with Gasteiger partial charge in [-0.2, -0.15) is 0 Å². The third-order valence-corrected chi connectivity index (χ3v) is 5.61. The number of nitrogens with one attached hydrogen (secondary N) is 1. The van der Waals surface area contributed by atoms with Crippen molar-refractivity contribution in [2.45, 2.75) is 19.4 Å². The number of carbonyl (C=O) groups is 1. The molecule has 2 aromatic carbocycles. The lowest BCUT2D eigenvalue weighted by molar-refractivity contribution is -0.121. The lowest BCUT2D eigenvalue weighted by atomic mass is 9.95. The first-order valence-corrected chi connectivity index (χ1v) is 9.38. The van der Waals surface area contributed by atoms with Gasteiger partial charge in [0.05, 0.1) is 10.0 Å². The molecule has 1 saturated heterocycles. The van der Waals surface area contributed by atoms with E-state index in [1.165, 1.54) is 0 Å². The third-order valence-electron chi connectivity index (χ3n) is 4.50. The van der Waals surface area contributed by atoms with E-state index in [9.17, 15) is 4.79 Å². The van der Waals surface area contributed by atoms with Crippen molar-refractivity contribution < 1.29 is 4.79 Å². The molecule has 0 radical (unpaired) electrons. The highest BCUT2D eigenvalue weighted by Gasteiger charge is 2.25. The van der Waals surface area contributed by atoms with E-state index in [0.29, 0.717) is 15.7 Å². The average molecular weight is 398 g/mol. The molecule has 1 heterocycles. The Morgan fingerprint density at radius 1 is 1.00 bits per heavy atom. The fraction of sp³-hybridized carbons (Fsp3) is 0.316. The van der Waals surface area contributed by atoms with Crippen molar-refractivity contribution in [2.75, 3.05) is 18.4 Å². The number of nitrogens with zero attached hydrogens (tertiary/aromatic N) is 1. The van der Waals surface area contributed by atoms with Gasteiger partial charge >= 0.3 is 0 Å². The van der Waals surface area contributed by atoms with Crippen LogP contribution in [0, 0.1) is 5.92 Å². The summed E-state index contributed by atoms with van der Waals surface area (Å²) in [5.74, 6) is 0.0488. The molecule has 0 saturated carbocycles. The molecule has 2 aromatic rings. The largest absolute Gasteiger partial charge is 0.326 e. The summed E-state index contributed by atoms with van der Waals surface area (Å²) in [5.41, 5.74) is 1.81. The number of likely N-dealkylation sites (tertiary alicyclic amines) is 1. The standard InChI is InChI=1S/C19H19Cl3N2O/c20-16-4-2-1-3-14(16)12-24-9-7-13(8-10-24)19(25)23-15-5-6-17(21)18(22)11-15/h1-6,11,13H,7-10,12H2,(H,23,25). The number of amides is 1. The predicted molar refractivity (Wildman–Crippen MR) is 105 cm³/mol. The number of piperidine rings is 1. The number of carbonyl (C=O) groups excluding carboxylic acids is 1. The van der Waals surface area contributed by atoms with Crippen molar-refractivity contribution in [2.24, 2.45) is 5.92 Å². The van der Waals surface area contributed by atoms with Gasteiger partial charge < -0.3 is 5.32 Å². The zero-order chi connectivity index (χ0) is 17.8. The van der Waals surface area contributed by atoms with Crippen molar-refractivity contribution in [3.05, 3.63) is 63.1 Å². The minimum absolute atomic E-state index is 0.0111. The normalized spacial score (nSPS) is 16.0. The molecule has 0 atom stereocenters. The van der Waals surface area contributed by atoms with E-state index in [0.717, 1.165) is 43.1 Å². The van der Waals surface area contributed by atoms with Crippen LogP contribution in [0.15, 0.2) is 42.5 Å². The van der Waals surface area contributed by atoms with Gasteiger partial charge in [0.1, 0.15) is 0 Å². The lowest BCUT2D eigenvalue weighted by Crippen LogP contribution is -2.37. The van der Waals surface area contributed by atoms with E-state index in [1.54, 1.807) is 18.2 Å². The highest BCUT2D eigenvalue weighted by atomic mass is 35.5. The molecule has 1 fully saturated rings. The second kappa shape index (κ2) is 8.41. The Morgan fingerprint density at radius 2 is 1.72 bits per heavy atom. The van der Waals surface area contributed by atoms with Crippen LogP contribution < -0.4 is 5.32 Å². The van der Waals surface area contributed by atoms with E-state index in [1.807, 2.05) is 24.3 Å². The number of benzene rings is 2. The smallest absolute Gasteiger partial charge is 0.227 e. The van der Waals surface area contributed by atoms with Gasteiger partial charge in [0.2, 0.25) is 5.91 Å². The summed E-state index contributed by atoms with van der Waals surface area (Å²) in [7, 11) is 0. The molecule has 25 heavy (non-hydrogen) atoms. The number of hydrogen-bond acceptors (Lipinski definition) is 2. The molecule has 1 aliphatic heterocycles. The molecular weight excluding hydrogens is 379 g/mol. The second-order valence-electron chi connectivity index (χ2n) is 6.26. The summed E-state index contributed by atoms with van der Waals surface area (Å²) in [6.45, 7) is 2.58. The Hall–Kier alpha value is -1.26. The minimum atomic E-state index is 0.0111. The molecule has 1 amide bonds. The zero-order valence-electron chi connectivity index (χ0n) is 13.6. The van der Waals surface area contributed by atoms with Gasteiger partial charge in [-0.05, 0) is 55.8 Å². The summed E-state index contributed by atoms with van der Waals surface area (Å²) >= 11 is 18.1. The predicted octanol–water partition coefficient (Wildman–Crippen LogP) is 5.50. The maximum atomic E-state index is 12.5. The van der Waals surface area contributed by atoms with Crippen molar-refractivity contribution >= 4 is 46.4 Å². The molecule has 0 aliphatic carbocycles. The zero-order valence-corrected chi connectivity index (χ0v) is 15.9. The number of rotatable bonds is 4. The van der Waals surface area contributed by atoms with Crippen molar-refractivity contribution in [1.82, 2.24) is 4.90 Å².